The molecule has 0 fully saturated rings. The predicted molar refractivity (Wildman–Crippen MR) is 131 cm³/mol. The van der Waals surface area contributed by atoms with E-state index in [4.69, 9.17) is 0 Å². The van der Waals surface area contributed by atoms with Gasteiger partial charge < -0.3 is 10.3 Å². The van der Waals surface area contributed by atoms with E-state index in [0.29, 0.717) is 33.6 Å². The molecule has 4 aromatic rings. The van der Waals surface area contributed by atoms with E-state index in [1.165, 1.54) is 6.07 Å². The normalized spacial score (nSPS) is 15.0. The summed E-state index contributed by atoms with van der Waals surface area (Å²) in [7, 11) is 0. The number of Topliss-reactive ketones (excluding diaryl/α,β-unsaturated/α-hetero) is 1. The minimum Gasteiger partial charge on any atom is -0.354 e. The average Bonchev–Trinajstić information content (AvgIpc) is 2.85. The molecular weight excluding hydrogens is 483 g/mol. The molecule has 1 aliphatic heterocycles. The first-order chi connectivity index (χ1) is 16.0. The zero-order valence-corrected chi connectivity index (χ0v) is 18.9. The van der Waals surface area contributed by atoms with E-state index in [1.54, 1.807) is 48.7 Å². The van der Waals surface area contributed by atoms with Crippen LogP contribution in [0.4, 0.5) is 10.1 Å². The van der Waals surface area contributed by atoms with Crippen molar-refractivity contribution in [2.24, 2.45) is 0 Å². The second-order valence-corrected chi connectivity index (χ2v) is 8.57. The molecular formula is C27H18BrFN2O2. The van der Waals surface area contributed by atoms with Crippen LogP contribution in [-0.2, 0) is 0 Å². The molecule has 33 heavy (non-hydrogen) atoms. The third kappa shape index (κ3) is 3.83. The second-order valence-electron chi connectivity index (χ2n) is 7.72. The Labute approximate surface area is 197 Å². The van der Waals surface area contributed by atoms with Gasteiger partial charge >= 0.3 is 0 Å². The lowest BCUT2D eigenvalue weighted by molar-refractivity contribution is 0.103. The second kappa shape index (κ2) is 8.64. The maximum atomic E-state index is 14.1. The number of nitrogens with one attached hydrogen (secondary N) is 2. The zero-order chi connectivity index (χ0) is 22.9. The fourth-order valence-corrected chi connectivity index (χ4v) is 4.62. The standard InChI is InChI=1S/C27H18BrFN2O2/c28-19-15-18(11-12-20(19)29)22-23-21(13-14-30-27(23)33)31-25(16-7-3-1-4-8-16)24(22)26(32)17-9-5-2-6-10-17/h1-15,22,31H,(H,30,33). The molecule has 3 aromatic carbocycles. The fraction of sp³-hybridized carbons (Fsp3) is 0.0370. The highest BCUT2D eigenvalue weighted by Crippen LogP contribution is 2.44. The van der Waals surface area contributed by atoms with Gasteiger partial charge in [0.2, 0.25) is 0 Å². The SMILES string of the molecule is O=C(C1=C(c2ccccc2)Nc2cc[nH]c(=O)c2C1c1ccc(F)c(Br)c1)c1ccccc1. The number of anilines is 1. The molecule has 1 unspecified atom stereocenters. The molecule has 0 spiro atoms. The number of carbonyl (C=O) groups excluding carboxylic acids is 1. The van der Waals surface area contributed by atoms with Crippen molar-refractivity contribution in [3.63, 3.8) is 0 Å². The molecule has 0 aliphatic carbocycles. The first kappa shape index (κ1) is 21.1. The van der Waals surface area contributed by atoms with Crippen LogP contribution in [0.15, 0.2) is 106 Å². The molecule has 0 amide bonds. The molecule has 2 heterocycles. The number of halogens is 2. The average molecular weight is 501 g/mol. The summed E-state index contributed by atoms with van der Waals surface area (Å²) in [6, 6.07) is 24.8. The van der Waals surface area contributed by atoms with E-state index in [-0.39, 0.29) is 15.8 Å². The summed E-state index contributed by atoms with van der Waals surface area (Å²) >= 11 is 3.26. The van der Waals surface area contributed by atoms with Gasteiger partial charge in [0.15, 0.2) is 5.78 Å². The first-order valence-electron chi connectivity index (χ1n) is 10.4. The molecule has 0 saturated heterocycles. The molecule has 162 valence electrons. The van der Waals surface area contributed by atoms with Gasteiger partial charge in [0.05, 0.1) is 15.7 Å². The van der Waals surface area contributed by atoms with Crippen LogP contribution in [0.1, 0.15) is 33.0 Å². The van der Waals surface area contributed by atoms with Gasteiger partial charge in [0, 0.05) is 28.9 Å². The molecule has 4 nitrogen and oxygen atoms in total. The summed E-state index contributed by atoms with van der Waals surface area (Å²) in [5.41, 5.74) is 3.70. The third-order valence-electron chi connectivity index (χ3n) is 5.73. The highest BCUT2D eigenvalue weighted by atomic mass is 79.9. The van der Waals surface area contributed by atoms with Crippen molar-refractivity contribution in [3.8, 4) is 0 Å². The Morgan fingerprint density at radius 3 is 2.30 bits per heavy atom. The monoisotopic (exact) mass is 500 g/mol. The Kier molecular flexibility index (Phi) is 5.52. The maximum absolute atomic E-state index is 14.1. The maximum Gasteiger partial charge on any atom is 0.254 e. The molecule has 1 aliphatic rings. The number of allylic oxidation sites excluding steroid dienone is 1. The summed E-state index contributed by atoms with van der Waals surface area (Å²) in [4.78, 5) is 29.7. The molecule has 0 radical (unpaired) electrons. The Bertz CT molecular complexity index is 1450. The molecule has 0 saturated carbocycles. The number of H-pyrrole nitrogens is 1. The topological polar surface area (TPSA) is 62.0 Å². The summed E-state index contributed by atoms with van der Waals surface area (Å²) < 4.78 is 14.4. The minimum atomic E-state index is -0.703. The Hall–Kier alpha value is -3.77. The van der Waals surface area contributed by atoms with E-state index in [1.807, 2.05) is 36.4 Å². The van der Waals surface area contributed by atoms with Crippen LogP contribution in [-0.4, -0.2) is 10.8 Å². The van der Waals surface area contributed by atoms with Crippen LogP contribution in [0.2, 0.25) is 0 Å². The van der Waals surface area contributed by atoms with Crippen LogP contribution < -0.4 is 10.9 Å². The number of hydrogen-bond acceptors (Lipinski definition) is 3. The summed E-state index contributed by atoms with van der Waals surface area (Å²) in [5, 5.41) is 3.33. The van der Waals surface area contributed by atoms with Crippen LogP contribution in [0.25, 0.3) is 5.70 Å². The highest BCUT2D eigenvalue weighted by Gasteiger charge is 2.36. The molecule has 0 bridgehead atoms. The number of rotatable bonds is 4. The van der Waals surface area contributed by atoms with E-state index < -0.39 is 11.7 Å². The van der Waals surface area contributed by atoms with Gasteiger partial charge in [-0.3, -0.25) is 9.59 Å². The first-order valence-corrected chi connectivity index (χ1v) is 11.2. The molecule has 2 N–H and O–H groups in total. The number of aromatic nitrogens is 1. The Morgan fingerprint density at radius 1 is 0.909 bits per heavy atom. The van der Waals surface area contributed by atoms with Gasteiger partial charge in [-0.15, -0.1) is 0 Å². The molecule has 1 atom stereocenters. The Balaban J connectivity index is 1.85. The van der Waals surface area contributed by atoms with Crippen molar-refractivity contribution in [1.29, 1.82) is 0 Å². The number of ketones is 1. The summed E-state index contributed by atoms with van der Waals surface area (Å²) in [5.74, 6) is -1.33. The lowest BCUT2D eigenvalue weighted by Crippen LogP contribution is -2.29. The van der Waals surface area contributed by atoms with Gasteiger partial charge in [-0.1, -0.05) is 66.7 Å². The van der Waals surface area contributed by atoms with Crippen LogP contribution in [0.3, 0.4) is 0 Å². The number of fused-ring (bicyclic) bond motifs is 1. The molecule has 6 heteroatoms. The largest absolute Gasteiger partial charge is 0.354 e. The van der Waals surface area contributed by atoms with E-state index in [0.717, 1.165) is 5.56 Å². The lowest BCUT2D eigenvalue weighted by atomic mass is 9.77. The van der Waals surface area contributed by atoms with Crippen LogP contribution in [0.5, 0.6) is 0 Å². The van der Waals surface area contributed by atoms with Gasteiger partial charge in [-0.25, -0.2) is 4.39 Å². The number of benzene rings is 3. The van der Waals surface area contributed by atoms with Crippen molar-refractivity contribution in [1.82, 2.24) is 4.98 Å². The number of pyridine rings is 1. The van der Waals surface area contributed by atoms with E-state index in [2.05, 4.69) is 26.2 Å². The van der Waals surface area contributed by atoms with E-state index >= 15 is 0 Å². The smallest absolute Gasteiger partial charge is 0.254 e. The van der Waals surface area contributed by atoms with E-state index in [9.17, 15) is 14.0 Å². The quantitative estimate of drug-likeness (QED) is 0.331. The number of aromatic amines is 1. The fourth-order valence-electron chi connectivity index (χ4n) is 4.22. The Morgan fingerprint density at radius 2 is 1.61 bits per heavy atom. The molecule has 5 rings (SSSR count). The van der Waals surface area contributed by atoms with Crippen molar-refractivity contribution >= 4 is 33.1 Å². The van der Waals surface area contributed by atoms with Crippen molar-refractivity contribution in [2.75, 3.05) is 5.32 Å². The number of carbonyl (C=O) groups is 1. The molecule has 1 aromatic heterocycles. The van der Waals surface area contributed by atoms with Crippen molar-refractivity contribution in [2.45, 2.75) is 5.92 Å². The highest BCUT2D eigenvalue weighted by molar-refractivity contribution is 9.10. The van der Waals surface area contributed by atoms with Gasteiger partial charge in [0.25, 0.3) is 5.56 Å². The number of hydrogen-bond donors (Lipinski definition) is 2. The van der Waals surface area contributed by atoms with Gasteiger partial charge in [-0.05, 0) is 45.3 Å². The van der Waals surface area contributed by atoms with Gasteiger partial charge in [0.1, 0.15) is 5.82 Å². The van der Waals surface area contributed by atoms with Crippen LogP contribution in [0, 0.1) is 5.82 Å². The lowest BCUT2D eigenvalue weighted by Gasteiger charge is -2.31. The van der Waals surface area contributed by atoms with Gasteiger partial charge in [-0.2, -0.15) is 0 Å². The summed E-state index contributed by atoms with van der Waals surface area (Å²) in [6.07, 6.45) is 1.57. The minimum absolute atomic E-state index is 0.207. The van der Waals surface area contributed by atoms with Crippen molar-refractivity contribution < 1.29 is 9.18 Å². The van der Waals surface area contributed by atoms with Crippen LogP contribution >= 0.6 is 15.9 Å². The third-order valence-corrected chi connectivity index (χ3v) is 6.33. The summed E-state index contributed by atoms with van der Waals surface area (Å²) in [6.45, 7) is 0. The predicted octanol–water partition coefficient (Wildman–Crippen LogP) is 6.13. The van der Waals surface area contributed by atoms with Crippen molar-refractivity contribution in [3.05, 3.63) is 140 Å². The zero-order valence-electron chi connectivity index (χ0n) is 17.3.